The highest BCUT2D eigenvalue weighted by Crippen LogP contribution is 2.45. The Morgan fingerprint density at radius 1 is 0.418 bits per heavy atom. The smallest absolute Gasteiger partial charge is 0.252 e. The number of fused-ring (bicyclic) bond motifs is 5. The quantitative estimate of drug-likeness (QED) is 0.135. The predicted octanol–water partition coefficient (Wildman–Crippen LogP) is 13.3. The average molecular weight is 859 g/mol. The lowest BCUT2D eigenvalue weighted by molar-refractivity contribution is 0.619. The molecule has 7 nitrogen and oxygen atoms in total. The van der Waals surface area contributed by atoms with Gasteiger partial charge in [0.25, 0.3) is 6.71 Å². The van der Waals surface area contributed by atoms with Gasteiger partial charge in [-0.3, -0.25) is 4.90 Å². The average Bonchev–Trinajstić information content (AvgIpc) is 4.16. The topological polar surface area (TPSA) is 45.6 Å². The fourth-order valence-corrected chi connectivity index (χ4v) is 10.8. The highest BCUT2D eigenvalue weighted by molar-refractivity contribution is 7.00. The van der Waals surface area contributed by atoms with E-state index in [-0.39, 0.29) is 6.71 Å². The molecule has 12 aromatic rings. The SMILES string of the molecule is c1ccc(N(c2ccccc2)c2ccc3c4c2ccn4-c2cc(N(c4ccccn4)c4cc5ccccc5o4)cc4c2B3c2ccc(N(c3ccccc3)c3ccccc3)c3ccn-4c23)cc1. The molecular formula is C59H39BN6O. The second kappa shape index (κ2) is 14.8. The Kier molecular flexibility index (Phi) is 8.24. The Hall–Kier alpha value is -9.01. The molecule has 0 atom stereocenters. The zero-order valence-electron chi connectivity index (χ0n) is 36.2. The van der Waals surface area contributed by atoms with E-state index >= 15 is 0 Å². The first kappa shape index (κ1) is 37.4. The van der Waals surface area contributed by atoms with E-state index < -0.39 is 0 Å². The summed E-state index contributed by atoms with van der Waals surface area (Å²) in [6.07, 6.45) is 6.37. The van der Waals surface area contributed by atoms with Crippen molar-refractivity contribution >= 4 is 107 Å². The normalized spacial score (nSPS) is 12.1. The number of benzene rings is 8. The number of pyridine rings is 1. The van der Waals surface area contributed by atoms with Gasteiger partial charge in [-0.25, -0.2) is 4.98 Å². The number of anilines is 9. The fraction of sp³-hybridized carbons (Fsp3) is 0. The summed E-state index contributed by atoms with van der Waals surface area (Å²) in [6, 6.07) is 77.8. The van der Waals surface area contributed by atoms with Crippen molar-refractivity contribution in [2.24, 2.45) is 0 Å². The van der Waals surface area contributed by atoms with Gasteiger partial charge in [0.15, 0.2) is 0 Å². The monoisotopic (exact) mass is 858 g/mol. The van der Waals surface area contributed by atoms with E-state index in [0.717, 1.165) is 68.0 Å². The van der Waals surface area contributed by atoms with Crippen molar-refractivity contribution in [3.8, 4) is 11.4 Å². The van der Waals surface area contributed by atoms with Gasteiger partial charge in [0, 0.05) is 74.9 Å². The van der Waals surface area contributed by atoms with Crippen LogP contribution in [-0.4, -0.2) is 20.8 Å². The van der Waals surface area contributed by atoms with Crippen molar-refractivity contribution in [1.29, 1.82) is 0 Å². The number of aromatic nitrogens is 3. The van der Waals surface area contributed by atoms with Crippen LogP contribution in [-0.2, 0) is 0 Å². The van der Waals surface area contributed by atoms with Crippen LogP contribution < -0.4 is 31.1 Å². The van der Waals surface area contributed by atoms with Crippen molar-refractivity contribution in [3.05, 3.63) is 237 Å². The van der Waals surface area contributed by atoms with Gasteiger partial charge in [0.05, 0.1) is 28.1 Å². The van der Waals surface area contributed by atoms with Crippen LogP contribution in [0.25, 0.3) is 44.1 Å². The largest absolute Gasteiger partial charge is 0.440 e. The second-order valence-electron chi connectivity index (χ2n) is 17.2. The van der Waals surface area contributed by atoms with Crippen LogP contribution in [0.1, 0.15) is 0 Å². The molecule has 0 saturated heterocycles. The van der Waals surface area contributed by atoms with Gasteiger partial charge < -0.3 is 23.4 Å². The predicted molar refractivity (Wildman–Crippen MR) is 276 cm³/mol. The molecular weight excluding hydrogens is 820 g/mol. The third-order valence-electron chi connectivity index (χ3n) is 13.6. The minimum atomic E-state index is -0.0600. The molecule has 0 aliphatic carbocycles. The maximum atomic E-state index is 6.70. The van der Waals surface area contributed by atoms with Crippen molar-refractivity contribution in [2.45, 2.75) is 0 Å². The molecule has 0 fully saturated rings. The third-order valence-corrected chi connectivity index (χ3v) is 13.6. The Balaban J connectivity index is 1.06. The van der Waals surface area contributed by atoms with Gasteiger partial charge in [-0.1, -0.05) is 109 Å². The lowest BCUT2D eigenvalue weighted by Gasteiger charge is -2.36. The van der Waals surface area contributed by atoms with Crippen LogP contribution in [0.5, 0.6) is 0 Å². The molecule has 2 aliphatic rings. The van der Waals surface area contributed by atoms with Gasteiger partial charge in [0.2, 0.25) is 5.88 Å². The summed E-state index contributed by atoms with van der Waals surface area (Å²) >= 11 is 0. The van der Waals surface area contributed by atoms with Crippen LogP contribution in [0.3, 0.4) is 0 Å². The van der Waals surface area contributed by atoms with E-state index in [9.17, 15) is 0 Å². The van der Waals surface area contributed by atoms with Crippen molar-refractivity contribution in [2.75, 3.05) is 14.7 Å². The van der Waals surface area contributed by atoms with E-state index in [0.29, 0.717) is 5.88 Å². The molecule has 8 heteroatoms. The van der Waals surface area contributed by atoms with Crippen molar-refractivity contribution < 1.29 is 4.42 Å². The van der Waals surface area contributed by atoms with Gasteiger partial charge in [0.1, 0.15) is 11.4 Å². The van der Waals surface area contributed by atoms with Gasteiger partial charge >= 0.3 is 0 Å². The first-order valence-corrected chi connectivity index (χ1v) is 22.7. The highest BCUT2D eigenvalue weighted by Gasteiger charge is 2.41. The maximum Gasteiger partial charge on any atom is 0.252 e. The molecule has 0 bridgehead atoms. The van der Waals surface area contributed by atoms with Crippen LogP contribution in [0.15, 0.2) is 241 Å². The summed E-state index contributed by atoms with van der Waals surface area (Å²) in [7, 11) is 0. The Morgan fingerprint density at radius 2 is 0.896 bits per heavy atom. The molecule has 6 heterocycles. The summed E-state index contributed by atoms with van der Waals surface area (Å²) in [4.78, 5) is 11.9. The van der Waals surface area contributed by atoms with Crippen LogP contribution >= 0.6 is 0 Å². The summed E-state index contributed by atoms with van der Waals surface area (Å²) in [6.45, 7) is -0.0600. The van der Waals surface area contributed by atoms with E-state index in [4.69, 9.17) is 9.40 Å². The fourth-order valence-electron chi connectivity index (χ4n) is 10.8. The Bertz CT molecular complexity index is 3530. The molecule has 0 unspecified atom stereocenters. The number of hydrogen-bond acceptors (Lipinski definition) is 5. The highest BCUT2D eigenvalue weighted by atomic mass is 16.4. The first-order valence-electron chi connectivity index (χ1n) is 22.7. The summed E-state index contributed by atoms with van der Waals surface area (Å²) in [5.41, 5.74) is 16.8. The summed E-state index contributed by atoms with van der Waals surface area (Å²) < 4.78 is 11.5. The zero-order valence-corrected chi connectivity index (χ0v) is 36.2. The Labute approximate surface area is 387 Å². The third kappa shape index (κ3) is 5.69. The Morgan fingerprint density at radius 3 is 1.37 bits per heavy atom. The molecule has 67 heavy (non-hydrogen) atoms. The molecule has 0 spiro atoms. The van der Waals surface area contributed by atoms with E-state index in [2.05, 4.69) is 230 Å². The lowest BCUT2D eigenvalue weighted by atomic mass is 9.34. The number of nitrogens with zero attached hydrogens (tertiary/aromatic N) is 6. The molecule has 4 aromatic heterocycles. The molecule has 0 N–H and O–H groups in total. The standard InChI is InChI=1S/C59H39BN6O/c1-5-18-41(19-6-1)64(42-20-7-2-8-21-42)50-30-28-48-58-46(50)32-35-62(58)52-38-45(66(55-27-15-16-34-61-55)56-37-40-17-13-14-26-54(40)67-56)39-53-57(52)60(48)49-29-31-51(47-33-36-63(53)59(47)49)65(43-22-9-3-10-23-43)44-24-11-4-12-25-44/h1-39H. The van der Waals surface area contributed by atoms with Crippen LogP contribution in [0.2, 0.25) is 0 Å². The first-order chi connectivity index (χ1) is 33.3. The maximum absolute atomic E-state index is 6.70. The zero-order chi connectivity index (χ0) is 44.0. The molecule has 8 aromatic carbocycles. The van der Waals surface area contributed by atoms with Crippen molar-refractivity contribution in [1.82, 2.24) is 14.1 Å². The lowest BCUT2D eigenvalue weighted by Crippen LogP contribution is -2.59. The molecule has 0 amide bonds. The summed E-state index contributed by atoms with van der Waals surface area (Å²) in [5, 5.41) is 3.38. The molecule has 314 valence electrons. The van der Waals surface area contributed by atoms with Crippen LogP contribution in [0, 0.1) is 0 Å². The second-order valence-corrected chi connectivity index (χ2v) is 17.2. The van der Waals surface area contributed by atoms with E-state index in [1.54, 1.807) is 0 Å². The van der Waals surface area contributed by atoms with E-state index in [1.807, 2.05) is 30.5 Å². The number of hydrogen-bond donors (Lipinski definition) is 0. The molecule has 0 saturated carbocycles. The van der Waals surface area contributed by atoms with Gasteiger partial charge in [-0.05, 0) is 120 Å². The minimum Gasteiger partial charge on any atom is -0.440 e. The number of para-hydroxylation sites is 5. The van der Waals surface area contributed by atoms with Crippen LogP contribution in [0.4, 0.5) is 51.5 Å². The van der Waals surface area contributed by atoms with Crippen molar-refractivity contribution in [3.63, 3.8) is 0 Å². The van der Waals surface area contributed by atoms with E-state index in [1.165, 1.54) is 38.2 Å². The molecule has 0 radical (unpaired) electrons. The molecule has 14 rings (SSSR count). The minimum absolute atomic E-state index is 0.0600. The number of furan rings is 1. The van der Waals surface area contributed by atoms with Gasteiger partial charge in [-0.15, -0.1) is 0 Å². The summed E-state index contributed by atoms with van der Waals surface area (Å²) in [5.74, 6) is 1.46. The van der Waals surface area contributed by atoms with Gasteiger partial charge in [-0.2, -0.15) is 0 Å². The number of rotatable bonds is 9. The molecule has 2 aliphatic heterocycles.